The van der Waals surface area contributed by atoms with Crippen molar-refractivity contribution in [3.05, 3.63) is 64.7 Å². The second-order valence-corrected chi connectivity index (χ2v) is 12.2. The quantitative estimate of drug-likeness (QED) is 0.494. The monoisotopic (exact) mass is 382 g/mol. The molecule has 0 bridgehead atoms. The van der Waals surface area contributed by atoms with Gasteiger partial charge < -0.3 is 0 Å². The minimum Gasteiger partial charge on any atom is -0.0894 e. The van der Waals surface area contributed by atoms with Gasteiger partial charge in [0.15, 0.2) is 0 Å². The van der Waals surface area contributed by atoms with E-state index in [0.717, 1.165) is 15.0 Å². The Hall–Kier alpha value is -1.13. The van der Waals surface area contributed by atoms with Crippen LogP contribution in [0.5, 0.6) is 0 Å². The second-order valence-electron chi connectivity index (χ2n) is 10.9. The fraction of sp³-hybridized carbons (Fsp3) is 0.538. The Balaban J connectivity index is 2.49. The topological polar surface area (TPSA) is 0 Å². The molecule has 0 aromatic heterocycles. The lowest BCUT2D eigenvalue weighted by molar-refractivity contribution is 0.553. The van der Waals surface area contributed by atoms with Crippen LogP contribution in [0.15, 0.2) is 42.5 Å². The summed E-state index contributed by atoms with van der Waals surface area (Å²) in [5.74, 6) is 0. The molecule has 1 heteroatoms. The van der Waals surface area contributed by atoms with Gasteiger partial charge in [0.25, 0.3) is 0 Å². The standard InChI is InChI=1S/C26H39P/c1-24(2,3)20-17-21(25(4,5)6)23(22(18-20)26(7,8)9)27-16-15-19-13-11-10-12-14-19/h10-14,17-18,27H,15-16H2,1-9H3. The molecule has 148 valence electrons. The highest BCUT2D eigenvalue weighted by atomic mass is 31.1. The normalized spacial score (nSPS) is 13.5. The van der Waals surface area contributed by atoms with E-state index in [1.165, 1.54) is 17.3 Å². The maximum atomic E-state index is 2.50. The lowest BCUT2D eigenvalue weighted by atomic mass is 9.75. The molecule has 1 atom stereocenters. The van der Waals surface area contributed by atoms with Crippen molar-refractivity contribution in [1.29, 1.82) is 0 Å². The van der Waals surface area contributed by atoms with Gasteiger partial charge in [0.05, 0.1) is 0 Å². The maximum absolute atomic E-state index is 2.50. The lowest BCUT2D eigenvalue weighted by Gasteiger charge is -2.33. The predicted octanol–water partition coefficient (Wildman–Crippen LogP) is 7.13. The van der Waals surface area contributed by atoms with Crippen LogP contribution in [0, 0.1) is 0 Å². The summed E-state index contributed by atoms with van der Waals surface area (Å²) in [5.41, 5.74) is 6.51. The van der Waals surface area contributed by atoms with Crippen molar-refractivity contribution in [2.24, 2.45) is 0 Å². The molecule has 0 saturated heterocycles. The van der Waals surface area contributed by atoms with E-state index >= 15 is 0 Å². The van der Waals surface area contributed by atoms with Crippen LogP contribution in [0.4, 0.5) is 0 Å². The minimum absolute atomic E-state index is 0.163. The average molecular weight is 383 g/mol. The first-order valence-electron chi connectivity index (χ1n) is 10.3. The SMILES string of the molecule is CC(C)(C)c1cc(C(C)(C)C)c(PCCc2ccccc2)c(C(C)(C)C)c1. The van der Waals surface area contributed by atoms with E-state index in [4.69, 9.17) is 0 Å². The zero-order valence-electron chi connectivity index (χ0n) is 19.0. The van der Waals surface area contributed by atoms with Crippen molar-refractivity contribution in [3.63, 3.8) is 0 Å². The molecule has 0 nitrogen and oxygen atoms in total. The molecule has 2 rings (SSSR count). The zero-order valence-corrected chi connectivity index (χ0v) is 20.0. The van der Waals surface area contributed by atoms with Gasteiger partial charge in [0, 0.05) is 0 Å². The third-order valence-corrected chi connectivity index (χ3v) is 6.57. The maximum Gasteiger partial charge on any atom is -0.0125 e. The summed E-state index contributed by atoms with van der Waals surface area (Å²) in [6, 6.07) is 15.9. The molecule has 0 spiro atoms. The zero-order chi connectivity index (χ0) is 20.5. The molecule has 0 aliphatic carbocycles. The van der Waals surface area contributed by atoms with Gasteiger partial charge >= 0.3 is 0 Å². The largest absolute Gasteiger partial charge is 0.0894 e. The van der Waals surface area contributed by atoms with Gasteiger partial charge in [-0.2, -0.15) is 0 Å². The fourth-order valence-electron chi connectivity index (χ4n) is 3.43. The Morgan fingerprint density at radius 2 is 1.15 bits per heavy atom. The first kappa shape index (κ1) is 22.2. The third kappa shape index (κ3) is 5.92. The van der Waals surface area contributed by atoms with Crippen LogP contribution in [0.25, 0.3) is 0 Å². The van der Waals surface area contributed by atoms with Gasteiger partial charge in [-0.1, -0.05) is 113 Å². The summed E-state index contributed by atoms with van der Waals surface area (Å²) in [5, 5.41) is 1.61. The van der Waals surface area contributed by atoms with E-state index < -0.39 is 0 Å². The van der Waals surface area contributed by atoms with Gasteiger partial charge in [0.1, 0.15) is 0 Å². The number of rotatable bonds is 4. The number of hydrogen-bond acceptors (Lipinski definition) is 0. The van der Waals surface area contributed by atoms with Crippen molar-refractivity contribution in [3.8, 4) is 0 Å². The van der Waals surface area contributed by atoms with Gasteiger partial charge in [-0.15, -0.1) is 0 Å². The summed E-state index contributed by atoms with van der Waals surface area (Å²) >= 11 is 0. The highest BCUT2D eigenvalue weighted by Crippen LogP contribution is 2.36. The van der Waals surface area contributed by atoms with Crippen molar-refractivity contribution in [2.45, 2.75) is 85.0 Å². The molecule has 27 heavy (non-hydrogen) atoms. The van der Waals surface area contributed by atoms with Gasteiger partial charge in [0.2, 0.25) is 0 Å². The smallest absolute Gasteiger partial charge is 0.0125 e. The summed E-state index contributed by atoms with van der Waals surface area (Å²) in [6.07, 6.45) is 2.39. The Morgan fingerprint density at radius 1 is 0.667 bits per heavy atom. The Kier molecular flexibility index (Phi) is 6.63. The highest BCUT2D eigenvalue weighted by molar-refractivity contribution is 7.47. The van der Waals surface area contributed by atoms with E-state index in [0.29, 0.717) is 0 Å². The van der Waals surface area contributed by atoms with Crippen molar-refractivity contribution >= 4 is 13.9 Å². The molecule has 0 heterocycles. The molecule has 0 saturated carbocycles. The molecule has 0 aliphatic heterocycles. The fourth-order valence-corrected chi connectivity index (χ4v) is 5.36. The van der Waals surface area contributed by atoms with Crippen LogP contribution in [0.2, 0.25) is 0 Å². The van der Waals surface area contributed by atoms with E-state index in [-0.39, 0.29) is 16.2 Å². The van der Waals surface area contributed by atoms with Crippen molar-refractivity contribution < 1.29 is 0 Å². The Morgan fingerprint density at radius 3 is 1.56 bits per heavy atom. The minimum atomic E-state index is 0.163. The summed E-state index contributed by atoms with van der Waals surface area (Å²) in [6.45, 7) is 21.2. The van der Waals surface area contributed by atoms with Crippen LogP contribution in [0.3, 0.4) is 0 Å². The summed E-state index contributed by atoms with van der Waals surface area (Å²) in [4.78, 5) is 0. The van der Waals surface area contributed by atoms with Crippen LogP contribution in [0.1, 0.15) is 84.6 Å². The molecule has 0 amide bonds. The molecule has 0 aliphatic rings. The first-order chi connectivity index (χ1) is 12.3. The van der Waals surface area contributed by atoms with Crippen LogP contribution >= 0.6 is 8.58 Å². The van der Waals surface area contributed by atoms with E-state index in [2.05, 4.69) is 105 Å². The number of aryl methyl sites for hydroxylation is 1. The molecule has 2 aromatic rings. The van der Waals surface area contributed by atoms with Crippen molar-refractivity contribution in [2.75, 3.05) is 6.16 Å². The van der Waals surface area contributed by atoms with Gasteiger partial charge in [-0.05, 0) is 56.4 Å². The van der Waals surface area contributed by atoms with E-state index in [9.17, 15) is 0 Å². The number of hydrogen-bond donors (Lipinski definition) is 0. The summed E-state index contributed by atoms with van der Waals surface area (Å²) in [7, 11) is 0.855. The molecule has 1 unspecified atom stereocenters. The molecule has 0 fully saturated rings. The Bertz CT molecular complexity index is 715. The molecule has 2 aromatic carbocycles. The van der Waals surface area contributed by atoms with Gasteiger partial charge in [-0.25, -0.2) is 0 Å². The van der Waals surface area contributed by atoms with E-state index in [1.807, 2.05) is 0 Å². The number of benzene rings is 2. The summed E-state index contributed by atoms with van der Waals surface area (Å²) < 4.78 is 0. The molecule has 0 N–H and O–H groups in total. The first-order valence-corrected chi connectivity index (χ1v) is 11.5. The van der Waals surface area contributed by atoms with E-state index in [1.54, 1.807) is 16.4 Å². The third-order valence-electron chi connectivity index (χ3n) is 5.18. The highest BCUT2D eigenvalue weighted by Gasteiger charge is 2.28. The van der Waals surface area contributed by atoms with Crippen LogP contribution in [-0.2, 0) is 22.7 Å². The molecular weight excluding hydrogens is 343 g/mol. The Labute approximate surface area is 170 Å². The molecule has 0 radical (unpaired) electrons. The predicted molar refractivity (Wildman–Crippen MR) is 126 cm³/mol. The van der Waals surface area contributed by atoms with Crippen molar-refractivity contribution in [1.82, 2.24) is 0 Å². The van der Waals surface area contributed by atoms with Gasteiger partial charge in [-0.3, -0.25) is 0 Å². The van der Waals surface area contributed by atoms with Crippen LogP contribution in [-0.4, -0.2) is 6.16 Å². The average Bonchev–Trinajstić information content (AvgIpc) is 2.52. The van der Waals surface area contributed by atoms with Crippen LogP contribution < -0.4 is 5.30 Å². The lowest BCUT2D eigenvalue weighted by Crippen LogP contribution is -2.30. The second kappa shape index (κ2) is 8.08. The molecular formula is C26H39P.